The van der Waals surface area contributed by atoms with Crippen LogP contribution in [0.3, 0.4) is 0 Å². The number of aromatic nitrogens is 1. The highest BCUT2D eigenvalue weighted by Crippen LogP contribution is 2.30. The molecule has 0 aliphatic carbocycles. The lowest BCUT2D eigenvalue weighted by atomic mass is 10.0. The molecule has 0 spiro atoms. The summed E-state index contributed by atoms with van der Waals surface area (Å²) in [5.74, 6) is 0.0312. The number of amides is 2. The smallest absolute Gasteiger partial charge is 0.416 e. The summed E-state index contributed by atoms with van der Waals surface area (Å²) in [6.07, 6.45) is -0.695. The van der Waals surface area contributed by atoms with Gasteiger partial charge in [-0.1, -0.05) is 18.2 Å². The van der Waals surface area contributed by atoms with E-state index in [-0.39, 0.29) is 24.8 Å². The van der Waals surface area contributed by atoms with Gasteiger partial charge in [-0.2, -0.15) is 13.2 Å². The molecule has 1 aliphatic rings. The van der Waals surface area contributed by atoms with E-state index in [4.69, 9.17) is 4.74 Å². The molecule has 0 bridgehead atoms. The molecule has 7 nitrogen and oxygen atoms in total. The van der Waals surface area contributed by atoms with Gasteiger partial charge in [0.25, 0.3) is 0 Å². The van der Waals surface area contributed by atoms with Crippen LogP contribution in [0.5, 0.6) is 5.75 Å². The Morgan fingerprint density at radius 2 is 2.12 bits per heavy atom. The lowest BCUT2D eigenvalue weighted by Gasteiger charge is -2.34. The number of hydrogen-bond donors (Lipinski definition) is 2. The molecule has 172 valence electrons. The van der Waals surface area contributed by atoms with Crippen molar-refractivity contribution >= 4 is 11.8 Å². The molecule has 2 amide bonds. The number of rotatable bonds is 9. The fourth-order valence-corrected chi connectivity index (χ4v) is 3.42. The SMILES string of the molecule is O=C(C[C@H]1C(=O)NCCN1Cc1cccc(C(F)(F)F)c1)NCCCOc1cccnc1. The van der Waals surface area contributed by atoms with Crippen molar-refractivity contribution in [1.29, 1.82) is 0 Å². The van der Waals surface area contributed by atoms with Crippen molar-refractivity contribution in [3.63, 3.8) is 0 Å². The average Bonchev–Trinajstić information content (AvgIpc) is 2.76. The maximum atomic E-state index is 13.0. The number of ether oxygens (including phenoxy) is 1. The number of pyridine rings is 1. The first-order valence-corrected chi connectivity index (χ1v) is 10.3. The van der Waals surface area contributed by atoms with Gasteiger partial charge in [0.15, 0.2) is 0 Å². The summed E-state index contributed by atoms with van der Waals surface area (Å²) < 4.78 is 44.5. The summed E-state index contributed by atoms with van der Waals surface area (Å²) in [4.78, 5) is 30.4. The number of carbonyl (C=O) groups excluding carboxylic acids is 2. The maximum absolute atomic E-state index is 13.0. The molecular formula is C22H25F3N4O3. The average molecular weight is 450 g/mol. The number of nitrogens with one attached hydrogen (secondary N) is 2. The van der Waals surface area contributed by atoms with E-state index < -0.39 is 17.8 Å². The largest absolute Gasteiger partial charge is 0.492 e. The molecule has 2 heterocycles. The Morgan fingerprint density at radius 1 is 1.28 bits per heavy atom. The molecule has 0 unspecified atom stereocenters. The van der Waals surface area contributed by atoms with Crippen LogP contribution in [0.25, 0.3) is 0 Å². The van der Waals surface area contributed by atoms with E-state index in [2.05, 4.69) is 15.6 Å². The van der Waals surface area contributed by atoms with Crippen LogP contribution >= 0.6 is 0 Å². The third-order valence-electron chi connectivity index (χ3n) is 5.01. The fourth-order valence-electron chi connectivity index (χ4n) is 3.42. The minimum Gasteiger partial charge on any atom is -0.492 e. The van der Waals surface area contributed by atoms with Crippen LogP contribution in [0, 0.1) is 0 Å². The summed E-state index contributed by atoms with van der Waals surface area (Å²) in [5, 5.41) is 5.48. The summed E-state index contributed by atoms with van der Waals surface area (Å²) >= 11 is 0. The number of nitrogens with zero attached hydrogens (tertiary/aromatic N) is 2. The van der Waals surface area contributed by atoms with Crippen LogP contribution in [0.2, 0.25) is 0 Å². The molecule has 1 aliphatic heterocycles. The van der Waals surface area contributed by atoms with Crippen LogP contribution < -0.4 is 15.4 Å². The molecule has 32 heavy (non-hydrogen) atoms. The van der Waals surface area contributed by atoms with Crippen LogP contribution in [-0.4, -0.2) is 54.0 Å². The van der Waals surface area contributed by atoms with Gasteiger partial charge in [0.05, 0.1) is 30.8 Å². The van der Waals surface area contributed by atoms with Crippen LogP contribution in [0.1, 0.15) is 24.0 Å². The van der Waals surface area contributed by atoms with E-state index in [1.807, 2.05) is 0 Å². The first-order chi connectivity index (χ1) is 15.3. The quantitative estimate of drug-likeness (QED) is 0.574. The van der Waals surface area contributed by atoms with Crippen LogP contribution in [0.15, 0.2) is 48.8 Å². The standard InChI is InChI=1S/C22H25F3N4O3/c23-22(24,25)17-5-1-4-16(12-17)15-29-10-9-28-21(31)19(29)13-20(30)27-8-3-11-32-18-6-2-7-26-14-18/h1-2,4-7,12,14,19H,3,8-11,13,15H2,(H,27,30)(H,28,31)/t19-/m0/s1. The summed E-state index contributed by atoms with van der Waals surface area (Å²) in [7, 11) is 0. The van der Waals surface area contributed by atoms with E-state index in [9.17, 15) is 22.8 Å². The molecule has 1 aromatic carbocycles. The second-order valence-corrected chi connectivity index (χ2v) is 7.42. The van der Waals surface area contributed by atoms with Gasteiger partial charge in [-0.3, -0.25) is 19.5 Å². The second-order valence-electron chi connectivity index (χ2n) is 7.42. The van der Waals surface area contributed by atoms with Gasteiger partial charge in [-0.15, -0.1) is 0 Å². The normalized spacial score (nSPS) is 17.0. The molecule has 2 N–H and O–H groups in total. The fraction of sp³-hybridized carbons (Fsp3) is 0.409. The van der Waals surface area contributed by atoms with Crippen molar-refractivity contribution in [2.75, 3.05) is 26.2 Å². The number of piperazine rings is 1. The summed E-state index contributed by atoms with van der Waals surface area (Å²) in [6, 6.07) is 7.81. The van der Waals surface area contributed by atoms with E-state index in [0.717, 1.165) is 12.1 Å². The van der Waals surface area contributed by atoms with E-state index in [0.29, 0.717) is 44.0 Å². The van der Waals surface area contributed by atoms with E-state index in [1.165, 1.54) is 6.07 Å². The minimum atomic E-state index is -4.44. The highest BCUT2D eigenvalue weighted by molar-refractivity contribution is 5.88. The Morgan fingerprint density at radius 3 is 2.88 bits per heavy atom. The van der Waals surface area contributed by atoms with Gasteiger partial charge in [-0.05, 0) is 30.2 Å². The first-order valence-electron chi connectivity index (χ1n) is 10.3. The molecule has 1 saturated heterocycles. The number of alkyl halides is 3. The molecular weight excluding hydrogens is 425 g/mol. The van der Waals surface area contributed by atoms with E-state index in [1.54, 1.807) is 35.5 Å². The Kier molecular flexibility index (Phi) is 8.04. The zero-order chi connectivity index (χ0) is 23.0. The number of hydrogen-bond acceptors (Lipinski definition) is 5. The third kappa shape index (κ3) is 6.94. The van der Waals surface area contributed by atoms with Crippen molar-refractivity contribution < 1.29 is 27.5 Å². The first kappa shape index (κ1) is 23.5. The molecule has 0 radical (unpaired) electrons. The maximum Gasteiger partial charge on any atom is 0.416 e. The van der Waals surface area contributed by atoms with Crippen molar-refractivity contribution in [1.82, 2.24) is 20.5 Å². The summed E-state index contributed by atoms with van der Waals surface area (Å²) in [6.45, 7) is 1.74. The molecule has 3 rings (SSSR count). The van der Waals surface area contributed by atoms with Gasteiger partial charge >= 0.3 is 6.18 Å². The number of carbonyl (C=O) groups is 2. The van der Waals surface area contributed by atoms with Crippen LogP contribution in [0.4, 0.5) is 13.2 Å². The predicted octanol–water partition coefficient (Wildman–Crippen LogP) is 2.38. The molecule has 10 heteroatoms. The van der Waals surface area contributed by atoms with Gasteiger partial charge in [0.2, 0.25) is 11.8 Å². The second kappa shape index (κ2) is 10.9. The Balaban J connectivity index is 1.49. The topological polar surface area (TPSA) is 83.6 Å². The van der Waals surface area contributed by atoms with Gasteiger partial charge in [-0.25, -0.2) is 0 Å². The van der Waals surface area contributed by atoms with Crippen molar-refractivity contribution in [3.05, 3.63) is 59.9 Å². The molecule has 1 atom stereocenters. The van der Waals surface area contributed by atoms with Crippen LogP contribution in [-0.2, 0) is 22.3 Å². The lowest BCUT2D eigenvalue weighted by molar-refractivity contribution is -0.137. The highest BCUT2D eigenvalue weighted by atomic mass is 19.4. The minimum absolute atomic E-state index is 0.0751. The lowest BCUT2D eigenvalue weighted by Crippen LogP contribution is -2.56. The van der Waals surface area contributed by atoms with Gasteiger partial charge in [0.1, 0.15) is 5.75 Å². The Bertz CT molecular complexity index is 909. The van der Waals surface area contributed by atoms with E-state index >= 15 is 0 Å². The Hall–Kier alpha value is -3.14. The zero-order valence-electron chi connectivity index (χ0n) is 17.4. The highest BCUT2D eigenvalue weighted by Gasteiger charge is 2.33. The van der Waals surface area contributed by atoms with Gasteiger partial charge < -0.3 is 15.4 Å². The molecule has 1 aromatic heterocycles. The monoisotopic (exact) mass is 450 g/mol. The van der Waals surface area contributed by atoms with Crippen molar-refractivity contribution in [3.8, 4) is 5.75 Å². The Labute approximate surface area is 184 Å². The van der Waals surface area contributed by atoms with Crippen molar-refractivity contribution in [2.45, 2.75) is 31.6 Å². The van der Waals surface area contributed by atoms with Gasteiger partial charge in [0, 0.05) is 32.4 Å². The number of halogens is 3. The molecule has 1 fully saturated rings. The number of benzene rings is 1. The zero-order valence-corrected chi connectivity index (χ0v) is 17.4. The molecule has 0 saturated carbocycles. The molecule has 2 aromatic rings. The summed E-state index contributed by atoms with van der Waals surface area (Å²) in [5.41, 5.74) is -0.299. The predicted molar refractivity (Wildman–Crippen MR) is 111 cm³/mol. The third-order valence-corrected chi connectivity index (χ3v) is 5.01. The van der Waals surface area contributed by atoms with Crippen molar-refractivity contribution in [2.24, 2.45) is 0 Å².